The topological polar surface area (TPSA) is 38.7 Å². The van der Waals surface area contributed by atoms with Crippen LogP contribution < -0.4 is 4.74 Å². The van der Waals surface area contributed by atoms with E-state index in [0.717, 1.165) is 37.2 Å². The molecule has 3 nitrogen and oxygen atoms in total. The fourth-order valence-corrected chi connectivity index (χ4v) is 2.54. The summed E-state index contributed by atoms with van der Waals surface area (Å²) in [5.74, 6) is 1.38. The van der Waals surface area contributed by atoms with E-state index in [1.54, 1.807) is 7.11 Å². The summed E-state index contributed by atoms with van der Waals surface area (Å²) in [7, 11) is 1.64. The standard InChI is InChI=1S/C15H22O3/c1-3-18-14-7-11(8-14)9-15(16)12-5-4-6-13(10-12)17-2/h4-6,10-11,14-16H,3,7-9H2,1-2H3. The SMILES string of the molecule is CCOC1CC(CC(O)c2cccc(OC)c2)C1. The Bertz CT molecular complexity index is 372. The molecule has 18 heavy (non-hydrogen) atoms. The van der Waals surface area contributed by atoms with Gasteiger partial charge in [-0.3, -0.25) is 0 Å². The molecule has 0 amide bonds. The van der Waals surface area contributed by atoms with E-state index in [2.05, 4.69) is 0 Å². The molecule has 0 aliphatic heterocycles. The molecule has 0 bridgehead atoms. The zero-order valence-electron chi connectivity index (χ0n) is 11.1. The van der Waals surface area contributed by atoms with E-state index in [0.29, 0.717) is 12.0 Å². The molecule has 1 atom stereocenters. The van der Waals surface area contributed by atoms with Crippen LogP contribution in [0.4, 0.5) is 0 Å². The molecule has 0 heterocycles. The van der Waals surface area contributed by atoms with Gasteiger partial charge >= 0.3 is 0 Å². The van der Waals surface area contributed by atoms with Crippen molar-refractivity contribution in [3.8, 4) is 5.75 Å². The maximum absolute atomic E-state index is 10.2. The quantitative estimate of drug-likeness (QED) is 0.843. The summed E-state index contributed by atoms with van der Waals surface area (Å²) in [6, 6.07) is 7.67. The Morgan fingerprint density at radius 2 is 2.17 bits per heavy atom. The maximum atomic E-state index is 10.2. The normalized spacial score (nSPS) is 24.4. The lowest BCUT2D eigenvalue weighted by Gasteiger charge is -2.36. The summed E-state index contributed by atoms with van der Waals surface area (Å²) < 4.78 is 10.7. The predicted octanol–water partition coefficient (Wildman–Crippen LogP) is 2.93. The first-order chi connectivity index (χ1) is 8.72. The Morgan fingerprint density at radius 3 is 2.83 bits per heavy atom. The highest BCUT2D eigenvalue weighted by Crippen LogP contribution is 2.37. The number of ether oxygens (including phenoxy) is 2. The molecule has 1 aromatic carbocycles. The summed E-state index contributed by atoms with van der Waals surface area (Å²) in [5, 5.41) is 10.2. The Labute approximate surface area is 109 Å². The van der Waals surface area contributed by atoms with Gasteiger partial charge in [-0.05, 0) is 49.8 Å². The van der Waals surface area contributed by atoms with E-state index >= 15 is 0 Å². The molecule has 0 spiro atoms. The first-order valence-corrected chi connectivity index (χ1v) is 6.66. The molecule has 0 aromatic heterocycles. The number of benzene rings is 1. The number of aliphatic hydroxyl groups is 1. The first-order valence-electron chi connectivity index (χ1n) is 6.66. The fraction of sp³-hybridized carbons (Fsp3) is 0.600. The van der Waals surface area contributed by atoms with Crippen LogP contribution in [-0.4, -0.2) is 24.9 Å². The minimum absolute atomic E-state index is 0.396. The molecule has 100 valence electrons. The molecular weight excluding hydrogens is 228 g/mol. The van der Waals surface area contributed by atoms with Crippen LogP contribution in [0.2, 0.25) is 0 Å². The minimum atomic E-state index is -0.396. The van der Waals surface area contributed by atoms with Crippen LogP contribution in [0.25, 0.3) is 0 Å². The van der Waals surface area contributed by atoms with Gasteiger partial charge in [-0.15, -0.1) is 0 Å². The second-order valence-electron chi connectivity index (χ2n) is 4.94. The van der Waals surface area contributed by atoms with Crippen LogP contribution in [0.15, 0.2) is 24.3 Å². The number of rotatable bonds is 6. The maximum Gasteiger partial charge on any atom is 0.119 e. The van der Waals surface area contributed by atoms with Gasteiger partial charge in [0.05, 0.1) is 19.3 Å². The van der Waals surface area contributed by atoms with Crippen LogP contribution in [0.3, 0.4) is 0 Å². The Morgan fingerprint density at radius 1 is 1.39 bits per heavy atom. The van der Waals surface area contributed by atoms with Crippen LogP contribution in [0.1, 0.15) is 37.9 Å². The van der Waals surface area contributed by atoms with Crippen LogP contribution in [-0.2, 0) is 4.74 Å². The van der Waals surface area contributed by atoms with Gasteiger partial charge in [-0.2, -0.15) is 0 Å². The van der Waals surface area contributed by atoms with Crippen molar-refractivity contribution >= 4 is 0 Å². The molecule has 1 unspecified atom stereocenters. The van der Waals surface area contributed by atoms with Crippen LogP contribution in [0, 0.1) is 5.92 Å². The van der Waals surface area contributed by atoms with Gasteiger partial charge in [0.25, 0.3) is 0 Å². The van der Waals surface area contributed by atoms with Crippen molar-refractivity contribution in [2.45, 2.75) is 38.4 Å². The fourth-order valence-electron chi connectivity index (χ4n) is 2.54. The molecule has 1 saturated carbocycles. The molecule has 1 fully saturated rings. The number of methoxy groups -OCH3 is 1. The first kappa shape index (κ1) is 13.4. The molecule has 1 aliphatic carbocycles. The average Bonchev–Trinajstić information content (AvgIpc) is 2.36. The Balaban J connectivity index is 1.83. The predicted molar refractivity (Wildman–Crippen MR) is 70.7 cm³/mol. The third kappa shape index (κ3) is 3.24. The second-order valence-corrected chi connectivity index (χ2v) is 4.94. The smallest absolute Gasteiger partial charge is 0.119 e. The van der Waals surface area contributed by atoms with Crippen molar-refractivity contribution in [2.24, 2.45) is 5.92 Å². The molecule has 1 aromatic rings. The van der Waals surface area contributed by atoms with E-state index in [9.17, 15) is 5.11 Å². The van der Waals surface area contributed by atoms with Crippen molar-refractivity contribution in [1.82, 2.24) is 0 Å². The summed E-state index contributed by atoms with van der Waals surface area (Å²) in [5.41, 5.74) is 0.939. The van der Waals surface area contributed by atoms with Crippen molar-refractivity contribution in [1.29, 1.82) is 0 Å². The lowest BCUT2D eigenvalue weighted by atomic mass is 9.78. The van der Waals surface area contributed by atoms with Crippen molar-refractivity contribution < 1.29 is 14.6 Å². The van der Waals surface area contributed by atoms with Gasteiger partial charge < -0.3 is 14.6 Å². The third-order valence-electron chi connectivity index (χ3n) is 3.63. The highest BCUT2D eigenvalue weighted by atomic mass is 16.5. The molecule has 1 N–H and O–H groups in total. The number of hydrogen-bond donors (Lipinski definition) is 1. The van der Waals surface area contributed by atoms with Gasteiger partial charge in [0.15, 0.2) is 0 Å². The highest BCUT2D eigenvalue weighted by molar-refractivity contribution is 5.29. The van der Waals surface area contributed by atoms with Crippen molar-refractivity contribution in [3.63, 3.8) is 0 Å². The Hall–Kier alpha value is -1.06. The van der Waals surface area contributed by atoms with E-state index in [1.807, 2.05) is 31.2 Å². The zero-order valence-corrected chi connectivity index (χ0v) is 11.1. The highest BCUT2D eigenvalue weighted by Gasteiger charge is 2.31. The molecular formula is C15H22O3. The van der Waals surface area contributed by atoms with Crippen molar-refractivity contribution in [2.75, 3.05) is 13.7 Å². The van der Waals surface area contributed by atoms with Crippen LogP contribution >= 0.6 is 0 Å². The molecule has 1 aliphatic rings. The molecule has 3 heteroatoms. The van der Waals surface area contributed by atoms with E-state index < -0.39 is 6.10 Å². The second kappa shape index (κ2) is 6.21. The van der Waals surface area contributed by atoms with Gasteiger partial charge in [0, 0.05) is 6.61 Å². The largest absolute Gasteiger partial charge is 0.497 e. The molecule has 0 radical (unpaired) electrons. The number of hydrogen-bond acceptors (Lipinski definition) is 3. The molecule has 2 rings (SSSR count). The van der Waals surface area contributed by atoms with Crippen LogP contribution in [0.5, 0.6) is 5.75 Å². The minimum Gasteiger partial charge on any atom is -0.497 e. The van der Waals surface area contributed by atoms with E-state index in [4.69, 9.17) is 9.47 Å². The zero-order chi connectivity index (χ0) is 13.0. The van der Waals surface area contributed by atoms with Gasteiger partial charge in [0.2, 0.25) is 0 Å². The Kier molecular flexibility index (Phi) is 4.61. The average molecular weight is 250 g/mol. The third-order valence-corrected chi connectivity index (χ3v) is 3.63. The lowest BCUT2D eigenvalue weighted by molar-refractivity contribution is -0.0380. The monoisotopic (exact) mass is 250 g/mol. The van der Waals surface area contributed by atoms with Gasteiger partial charge in [-0.25, -0.2) is 0 Å². The van der Waals surface area contributed by atoms with Crippen molar-refractivity contribution in [3.05, 3.63) is 29.8 Å². The summed E-state index contributed by atoms with van der Waals surface area (Å²) >= 11 is 0. The number of aliphatic hydroxyl groups excluding tert-OH is 1. The molecule has 0 saturated heterocycles. The van der Waals surface area contributed by atoms with Gasteiger partial charge in [0.1, 0.15) is 5.75 Å². The van der Waals surface area contributed by atoms with E-state index in [1.165, 1.54) is 0 Å². The summed E-state index contributed by atoms with van der Waals surface area (Å²) in [4.78, 5) is 0. The summed E-state index contributed by atoms with van der Waals surface area (Å²) in [6.07, 6.45) is 2.99. The summed E-state index contributed by atoms with van der Waals surface area (Å²) in [6.45, 7) is 2.81. The van der Waals surface area contributed by atoms with Gasteiger partial charge in [-0.1, -0.05) is 12.1 Å². The lowest BCUT2D eigenvalue weighted by Crippen LogP contribution is -2.32. The van der Waals surface area contributed by atoms with E-state index in [-0.39, 0.29) is 0 Å².